The number of carbonyl (C=O) groups excluding carboxylic acids is 1. The molecule has 0 bridgehead atoms. The van der Waals surface area contributed by atoms with Gasteiger partial charge in [0.15, 0.2) is 0 Å². The molecule has 1 aliphatic rings. The van der Waals surface area contributed by atoms with Gasteiger partial charge < -0.3 is 15.0 Å². The fourth-order valence-corrected chi connectivity index (χ4v) is 1.90. The molecule has 110 valence electrons. The topological polar surface area (TPSA) is 54.5 Å². The maximum atomic E-state index is 12.3. The molecule has 20 heavy (non-hydrogen) atoms. The van der Waals surface area contributed by atoms with Crippen LogP contribution in [0.2, 0.25) is 0 Å². The first-order chi connectivity index (χ1) is 9.70. The van der Waals surface area contributed by atoms with E-state index in [0.717, 1.165) is 24.9 Å². The summed E-state index contributed by atoms with van der Waals surface area (Å²) < 4.78 is 5.56. The van der Waals surface area contributed by atoms with E-state index in [9.17, 15) is 4.79 Å². The zero-order valence-electron chi connectivity index (χ0n) is 12.3. The number of aromatic nitrogens is 1. The lowest BCUT2D eigenvalue weighted by molar-refractivity contribution is 0.0681. The average molecular weight is 277 g/mol. The smallest absolute Gasteiger partial charge is 0.253 e. The summed E-state index contributed by atoms with van der Waals surface area (Å²) in [5.41, 5.74) is 0.653. The number of amides is 1. The highest BCUT2D eigenvalue weighted by molar-refractivity contribution is 5.94. The van der Waals surface area contributed by atoms with Crippen LogP contribution in [0.4, 0.5) is 5.82 Å². The number of carbonyl (C=O) groups is 1. The molecule has 0 aliphatic heterocycles. The monoisotopic (exact) mass is 277 g/mol. The van der Waals surface area contributed by atoms with Gasteiger partial charge in [-0.15, -0.1) is 0 Å². The second-order valence-electron chi connectivity index (χ2n) is 5.21. The van der Waals surface area contributed by atoms with Gasteiger partial charge in [-0.1, -0.05) is 0 Å². The zero-order valence-corrected chi connectivity index (χ0v) is 12.3. The summed E-state index contributed by atoms with van der Waals surface area (Å²) >= 11 is 0. The van der Waals surface area contributed by atoms with E-state index in [4.69, 9.17) is 4.74 Å². The predicted octanol–water partition coefficient (Wildman–Crippen LogP) is 2.01. The van der Waals surface area contributed by atoms with Crippen LogP contribution in [0.15, 0.2) is 18.3 Å². The summed E-state index contributed by atoms with van der Waals surface area (Å²) in [6.45, 7) is 4.84. The van der Waals surface area contributed by atoms with Crippen LogP contribution in [-0.2, 0) is 4.74 Å². The Labute approximate surface area is 120 Å². The largest absolute Gasteiger partial charge is 0.379 e. The maximum Gasteiger partial charge on any atom is 0.253 e. The molecule has 0 saturated heterocycles. The van der Waals surface area contributed by atoms with Crippen molar-refractivity contribution in [2.75, 3.05) is 38.7 Å². The molecule has 1 heterocycles. The summed E-state index contributed by atoms with van der Waals surface area (Å²) in [6.07, 6.45) is 4.24. The van der Waals surface area contributed by atoms with Gasteiger partial charge in [-0.25, -0.2) is 4.98 Å². The molecule has 5 heteroatoms. The van der Waals surface area contributed by atoms with Crippen LogP contribution in [0, 0.1) is 5.92 Å². The highest BCUT2D eigenvalue weighted by atomic mass is 16.5. The molecule has 1 fully saturated rings. The molecule has 0 unspecified atom stereocenters. The molecule has 1 amide bonds. The third-order valence-electron chi connectivity index (χ3n) is 3.33. The summed E-state index contributed by atoms with van der Waals surface area (Å²) in [4.78, 5) is 18.1. The van der Waals surface area contributed by atoms with E-state index in [0.29, 0.717) is 18.7 Å². The maximum absolute atomic E-state index is 12.3. The first kappa shape index (κ1) is 14.8. The summed E-state index contributed by atoms with van der Waals surface area (Å²) in [5, 5.41) is 3.11. The summed E-state index contributed by atoms with van der Waals surface area (Å²) in [6, 6.07) is 3.53. The second kappa shape index (κ2) is 7.24. The average Bonchev–Trinajstić information content (AvgIpc) is 3.27. The molecule has 1 aromatic heterocycles. The van der Waals surface area contributed by atoms with Crippen molar-refractivity contribution in [1.29, 1.82) is 0 Å². The first-order valence-corrected chi connectivity index (χ1v) is 7.24. The molecule has 1 aliphatic carbocycles. The van der Waals surface area contributed by atoms with E-state index >= 15 is 0 Å². The van der Waals surface area contributed by atoms with E-state index < -0.39 is 0 Å². The van der Waals surface area contributed by atoms with E-state index in [-0.39, 0.29) is 5.91 Å². The number of hydrogen-bond acceptors (Lipinski definition) is 4. The minimum absolute atomic E-state index is 0.00146. The quantitative estimate of drug-likeness (QED) is 0.739. The van der Waals surface area contributed by atoms with Gasteiger partial charge in [0.25, 0.3) is 5.91 Å². The molecule has 2 rings (SSSR count). The third kappa shape index (κ3) is 4.49. The van der Waals surface area contributed by atoms with Crippen LogP contribution in [0.25, 0.3) is 0 Å². The molecule has 1 N–H and O–H groups in total. The van der Waals surface area contributed by atoms with Gasteiger partial charge in [0.2, 0.25) is 0 Å². The molecular formula is C15H23N3O2. The number of nitrogens with zero attached hydrogens (tertiary/aromatic N) is 2. The lowest BCUT2D eigenvalue weighted by Crippen LogP contribution is -2.30. The van der Waals surface area contributed by atoms with Crippen molar-refractivity contribution in [2.24, 2.45) is 5.92 Å². The third-order valence-corrected chi connectivity index (χ3v) is 3.33. The van der Waals surface area contributed by atoms with Crippen molar-refractivity contribution in [3.8, 4) is 0 Å². The van der Waals surface area contributed by atoms with Crippen LogP contribution in [0.3, 0.4) is 0 Å². The molecule has 1 aromatic rings. The Morgan fingerprint density at radius 2 is 2.35 bits per heavy atom. The van der Waals surface area contributed by atoms with Crippen molar-refractivity contribution in [3.63, 3.8) is 0 Å². The Morgan fingerprint density at radius 3 is 3.05 bits per heavy atom. The molecular weight excluding hydrogens is 254 g/mol. The van der Waals surface area contributed by atoms with Gasteiger partial charge in [-0.05, 0) is 37.8 Å². The Hall–Kier alpha value is -1.62. The molecule has 0 spiro atoms. The van der Waals surface area contributed by atoms with Gasteiger partial charge in [0, 0.05) is 38.5 Å². The normalized spacial score (nSPS) is 14.1. The molecule has 0 atom stereocenters. The number of pyridine rings is 1. The van der Waals surface area contributed by atoms with Crippen LogP contribution in [0.5, 0.6) is 0 Å². The number of anilines is 1. The van der Waals surface area contributed by atoms with Crippen LogP contribution >= 0.6 is 0 Å². The molecule has 0 radical (unpaired) electrons. The van der Waals surface area contributed by atoms with Crippen LogP contribution in [0.1, 0.15) is 30.1 Å². The highest BCUT2D eigenvalue weighted by Gasteiger charge is 2.21. The number of likely N-dealkylation sites (N-methyl/N-ethyl adjacent to an activating group) is 1. The van der Waals surface area contributed by atoms with Crippen molar-refractivity contribution >= 4 is 11.7 Å². The Balaban J connectivity index is 1.80. The van der Waals surface area contributed by atoms with E-state index in [2.05, 4.69) is 10.3 Å². The summed E-state index contributed by atoms with van der Waals surface area (Å²) in [5.74, 6) is 1.50. The lowest BCUT2D eigenvalue weighted by Gasteiger charge is -2.17. The molecule has 0 aromatic carbocycles. The predicted molar refractivity (Wildman–Crippen MR) is 78.9 cm³/mol. The highest BCUT2D eigenvalue weighted by Crippen LogP contribution is 2.28. The van der Waals surface area contributed by atoms with Crippen molar-refractivity contribution in [1.82, 2.24) is 9.88 Å². The van der Waals surface area contributed by atoms with Crippen molar-refractivity contribution < 1.29 is 9.53 Å². The standard InChI is InChI=1S/C15H23N3O2/c1-3-16-14-10-13(6-7-17-14)15(19)18(2)8-9-20-11-12-4-5-12/h6-7,10,12H,3-5,8-9,11H2,1-2H3,(H,16,17). The Kier molecular flexibility index (Phi) is 5.35. The van der Waals surface area contributed by atoms with Crippen molar-refractivity contribution in [3.05, 3.63) is 23.9 Å². The van der Waals surface area contributed by atoms with Gasteiger partial charge in [0.1, 0.15) is 5.82 Å². The van der Waals surface area contributed by atoms with E-state index in [1.54, 1.807) is 30.3 Å². The van der Waals surface area contributed by atoms with E-state index in [1.807, 2.05) is 6.92 Å². The van der Waals surface area contributed by atoms with Crippen LogP contribution < -0.4 is 5.32 Å². The van der Waals surface area contributed by atoms with Gasteiger partial charge in [-0.2, -0.15) is 0 Å². The number of nitrogens with one attached hydrogen (secondary N) is 1. The van der Waals surface area contributed by atoms with Gasteiger partial charge in [0.05, 0.1) is 6.61 Å². The number of hydrogen-bond donors (Lipinski definition) is 1. The number of ether oxygens (including phenoxy) is 1. The zero-order chi connectivity index (χ0) is 14.4. The lowest BCUT2D eigenvalue weighted by atomic mass is 10.2. The second-order valence-corrected chi connectivity index (χ2v) is 5.21. The fraction of sp³-hybridized carbons (Fsp3) is 0.600. The van der Waals surface area contributed by atoms with E-state index in [1.165, 1.54) is 12.8 Å². The Bertz CT molecular complexity index is 446. The fourth-order valence-electron chi connectivity index (χ4n) is 1.90. The minimum Gasteiger partial charge on any atom is -0.379 e. The molecule has 5 nitrogen and oxygen atoms in total. The van der Waals surface area contributed by atoms with Gasteiger partial charge >= 0.3 is 0 Å². The SMILES string of the molecule is CCNc1cc(C(=O)N(C)CCOCC2CC2)ccn1. The Morgan fingerprint density at radius 1 is 1.55 bits per heavy atom. The van der Waals surface area contributed by atoms with Crippen LogP contribution in [-0.4, -0.2) is 49.1 Å². The van der Waals surface area contributed by atoms with Crippen molar-refractivity contribution in [2.45, 2.75) is 19.8 Å². The first-order valence-electron chi connectivity index (χ1n) is 7.24. The minimum atomic E-state index is 0.00146. The molecule has 1 saturated carbocycles. The number of rotatable bonds is 8. The van der Waals surface area contributed by atoms with Gasteiger partial charge in [-0.3, -0.25) is 4.79 Å². The summed E-state index contributed by atoms with van der Waals surface area (Å²) in [7, 11) is 1.80.